The van der Waals surface area contributed by atoms with E-state index in [-0.39, 0.29) is 19.1 Å². The van der Waals surface area contributed by atoms with Gasteiger partial charge >= 0.3 is 0 Å². The zero-order valence-corrected chi connectivity index (χ0v) is 13.6. The fraction of sp³-hybridized carbons (Fsp3) is 0.263. The Kier molecular flexibility index (Phi) is 4.91. The van der Waals surface area contributed by atoms with E-state index in [1.807, 2.05) is 49.4 Å². The SMILES string of the molecule is CC(C(=O)N(CCO)Cc1cccnc1)c1cc2ccccc2o1. The molecule has 1 unspecified atom stereocenters. The van der Waals surface area contributed by atoms with Crippen LogP contribution in [0.3, 0.4) is 0 Å². The summed E-state index contributed by atoms with van der Waals surface area (Å²) >= 11 is 0. The van der Waals surface area contributed by atoms with E-state index in [2.05, 4.69) is 4.98 Å². The molecule has 0 aliphatic rings. The van der Waals surface area contributed by atoms with Crippen LogP contribution in [0.5, 0.6) is 0 Å². The van der Waals surface area contributed by atoms with E-state index in [4.69, 9.17) is 4.42 Å². The van der Waals surface area contributed by atoms with Crippen molar-refractivity contribution in [3.8, 4) is 0 Å². The van der Waals surface area contributed by atoms with Gasteiger partial charge in [-0.15, -0.1) is 0 Å². The molecule has 0 bridgehead atoms. The minimum Gasteiger partial charge on any atom is -0.460 e. The summed E-state index contributed by atoms with van der Waals surface area (Å²) in [4.78, 5) is 18.6. The zero-order chi connectivity index (χ0) is 16.9. The molecule has 0 saturated carbocycles. The number of carbonyl (C=O) groups excluding carboxylic acids is 1. The third-order valence-corrected chi connectivity index (χ3v) is 4.02. The van der Waals surface area contributed by atoms with Crippen molar-refractivity contribution < 1.29 is 14.3 Å². The molecule has 0 aliphatic heterocycles. The van der Waals surface area contributed by atoms with Gasteiger partial charge in [-0.05, 0) is 30.7 Å². The number of para-hydroxylation sites is 1. The van der Waals surface area contributed by atoms with Crippen molar-refractivity contribution >= 4 is 16.9 Å². The van der Waals surface area contributed by atoms with Gasteiger partial charge in [0.2, 0.25) is 5.91 Å². The van der Waals surface area contributed by atoms with Crippen LogP contribution in [0.25, 0.3) is 11.0 Å². The summed E-state index contributed by atoms with van der Waals surface area (Å²) in [6.45, 7) is 2.43. The number of hydrogen-bond acceptors (Lipinski definition) is 4. The third-order valence-electron chi connectivity index (χ3n) is 4.02. The second-order valence-electron chi connectivity index (χ2n) is 5.75. The summed E-state index contributed by atoms with van der Waals surface area (Å²) in [5, 5.41) is 10.3. The number of fused-ring (bicyclic) bond motifs is 1. The molecule has 1 aromatic carbocycles. The molecule has 3 aromatic rings. The highest BCUT2D eigenvalue weighted by molar-refractivity contribution is 5.85. The lowest BCUT2D eigenvalue weighted by molar-refractivity contribution is -0.134. The van der Waals surface area contributed by atoms with Crippen molar-refractivity contribution in [3.05, 3.63) is 66.2 Å². The van der Waals surface area contributed by atoms with E-state index in [0.29, 0.717) is 12.3 Å². The average molecular weight is 324 g/mol. The minimum absolute atomic E-state index is 0.0769. The summed E-state index contributed by atoms with van der Waals surface area (Å²) in [6, 6.07) is 13.3. The Morgan fingerprint density at radius 1 is 1.29 bits per heavy atom. The Balaban J connectivity index is 1.80. The highest BCUT2D eigenvalue weighted by Gasteiger charge is 2.24. The van der Waals surface area contributed by atoms with Crippen LogP contribution in [0.1, 0.15) is 24.2 Å². The first-order valence-electron chi connectivity index (χ1n) is 7.96. The van der Waals surface area contributed by atoms with Crippen LogP contribution in [0.4, 0.5) is 0 Å². The fourth-order valence-electron chi connectivity index (χ4n) is 2.71. The Morgan fingerprint density at radius 3 is 2.83 bits per heavy atom. The number of rotatable bonds is 6. The molecule has 1 atom stereocenters. The standard InChI is InChI=1S/C19H20N2O3/c1-14(18-11-16-6-2-3-7-17(16)24-18)19(23)21(9-10-22)13-15-5-4-8-20-12-15/h2-8,11-12,14,22H,9-10,13H2,1H3. The van der Waals surface area contributed by atoms with Crippen LogP contribution in [0.2, 0.25) is 0 Å². The van der Waals surface area contributed by atoms with Crippen LogP contribution in [0.15, 0.2) is 59.3 Å². The van der Waals surface area contributed by atoms with Crippen LogP contribution in [-0.2, 0) is 11.3 Å². The predicted molar refractivity (Wildman–Crippen MR) is 91.4 cm³/mol. The molecule has 1 N–H and O–H groups in total. The van der Waals surface area contributed by atoms with E-state index >= 15 is 0 Å². The Labute approximate surface area is 140 Å². The fourth-order valence-corrected chi connectivity index (χ4v) is 2.71. The Morgan fingerprint density at radius 2 is 2.12 bits per heavy atom. The first kappa shape index (κ1) is 16.2. The average Bonchev–Trinajstić information content (AvgIpc) is 3.05. The van der Waals surface area contributed by atoms with Gasteiger partial charge < -0.3 is 14.4 Å². The van der Waals surface area contributed by atoms with Gasteiger partial charge in [-0.2, -0.15) is 0 Å². The van der Waals surface area contributed by atoms with Crippen LogP contribution in [-0.4, -0.2) is 34.0 Å². The molecule has 2 aromatic heterocycles. The number of nitrogens with zero attached hydrogens (tertiary/aromatic N) is 2. The van der Waals surface area contributed by atoms with Crippen molar-refractivity contribution in [2.24, 2.45) is 0 Å². The van der Waals surface area contributed by atoms with Gasteiger partial charge in [0, 0.05) is 30.9 Å². The van der Waals surface area contributed by atoms with Crippen LogP contribution >= 0.6 is 0 Å². The highest BCUT2D eigenvalue weighted by Crippen LogP contribution is 2.26. The number of aliphatic hydroxyl groups is 1. The summed E-state index contributed by atoms with van der Waals surface area (Å²) in [5.74, 6) is 0.142. The van der Waals surface area contributed by atoms with Crippen LogP contribution < -0.4 is 0 Å². The first-order valence-corrected chi connectivity index (χ1v) is 7.96. The molecule has 0 spiro atoms. The maximum absolute atomic E-state index is 12.8. The zero-order valence-electron chi connectivity index (χ0n) is 13.6. The monoisotopic (exact) mass is 324 g/mol. The molecule has 0 radical (unpaired) electrons. The van der Waals surface area contributed by atoms with Gasteiger partial charge in [-0.25, -0.2) is 0 Å². The van der Waals surface area contributed by atoms with Gasteiger partial charge in [0.25, 0.3) is 0 Å². The van der Waals surface area contributed by atoms with Crippen molar-refractivity contribution in [3.63, 3.8) is 0 Å². The molecule has 5 nitrogen and oxygen atoms in total. The second-order valence-corrected chi connectivity index (χ2v) is 5.75. The second kappa shape index (κ2) is 7.27. The highest BCUT2D eigenvalue weighted by atomic mass is 16.3. The number of carbonyl (C=O) groups is 1. The minimum atomic E-state index is -0.416. The molecule has 124 valence electrons. The van der Waals surface area contributed by atoms with E-state index in [1.54, 1.807) is 17.3 Å². The third kappa shape index (κ3) is 3.46. The number of furan rings is 1. The van der Waals surface area contributed by atoms with E-state index < -0.39 is 5.92 Å². The lowest BCUT2D eigenvalue weighted by Gasteiger charge is -2.24. The smallest absolute Gasteiger partial charge is 0.233 e. The van der Waals surface area contributed by atoms with Gasteiger partial charge in [-0.1, -0.05) is 24.3 Å². The quantitative estimate of drug-likeness (QED) is 0.757. The first-order chi connectivity index (χ1) is 11.7. The summed E-state index contributed by atoms with van der Waals surface area (Å²) in [7, 11) is 0. The number of benzene rings is 1. The Bertz CT molecular complexity index is 781. The number of pyridine rings is 1. The molecule has 5 heteroatoms. The Hall–Kier alpha value is -2.66. The van der Waals surface area contributed by atoms with E-state index in [0.717, 1.165) is 16.5 Å². The van der Waals surface area contributed by atoms with Crippen LogP contribution in [0, 0.1) is 0 Å². The largest absolute Gasteiger partial charge is 0.460 e. The number of hydrogen-bond donors (Lipinski definition) is 1. The molecule has 3 rings (SSSR count). The predicted octanol–water partition coefficient (Wildman–Crippen LogP) is 2.95. The van der Waals surface area contributed by atoms with Gasteiger partial charge in [0.1, 0.15) is 11.3 Å². The van der Waals surface area contributed by atoms with Crippen molar-refractivity contribution in [2.45, 2.75) is 19.4 Å². The van der Waals surface area contributed by atoms with E-state index in [9.17, 15) is 9.90 Å². The summed E-state index contributed by atoms with van der Waals surface area (Å²) < 4.78 is 5.81. The molecule has 24 heavy (non-hydrogen) atoms. The van der Waals surface area contributed by atoms with E-state index in [1.165, 1.54) is 0 Å². The summed E-state index contributed by atoms with van der Waals surface area (Å²) in [5.41, 5.74) is 1.70. The molecule has 0 aliphatic carbocycles. The molecular formula is C19H20N2O3. The molecular weight excluding hydrogens is 304 g/mol. The van der Waals surface area contributed by atoms with Gasteiger partial charge in [-0.3, -0.25) is 9.78 Å². The molecule has 0 saturated heterocycles. The lowest BCUT2D eigenvalue weighted by Crippen LogP contribution is -2.36. The molecule has 1 amide bonds. The summed E-state index contributed by atoms with van der Waals surface area (Å²) in [6.07, 6.45) is 3.42. The van der Waals surface area contributed by atoms with Crippen molar-refractivity contribution in [2.75, 3.05) is 13.2 Å². The number of amides is 1. The maximum atomic E-state index is 12.8. The maximum Gasteiger partial charge on any atom is 0.233 e. The lowest BCUT2D eigenvalue weighted by atomic mass is 10.1. The van der Waals surface area contributed by atoms with Gasteiger partial charge in [0.15, 0.2) is 0 Å². The number of aromatic nitrogens is 1. The van der Waals surface area contributed by atoms with Crippen molar-refractivity contribution in [1.82, 2.24) is 9.88 Å². The normalized spacial score (nSPS) is 12.2. The van der Waals surface area contributed by atoms with Gasteiger partial charge in [0.05, 0.1) is 12.5 Å². The molecule has 2 heterocycles. The molecule has 0 fully saturated rings. The number of aliphatic hydroxyl groups excluding tert-OH is 1. The van der Waals surface area contributed by atoms with Crippen molar-refractivity contribution in [1.29, 1.82) is 0 Å². The topological polar surface area (TPSA) is 66.6 Å².